The SMILES string of the molecule is O=[N+]([O-])C[C@@H](c1ccc(F)cc1)c1c(-c2ccccc2)cc2ccccn12. The summed E-state index contributed by atoms with van der Waals surface area (Å²) in [5, 5.41) is 11.5. The summed E-state index contributed by atoms with van der Waals surface area (Å²) < 4.78 is 15.4. The van der Waals surface area contributed by atoms with Crippen molar-refractivity contribution in [2.24, 2.45) is 0 Å². The minimum atomic E-state index is -0.499. The number of pyridine rings is 1. The second-order valence-corrected chi connectivity index (χ2v) is 6.42. The van der Waals surface area contributed by atoms with Crippen LogP contribution in [0.25, 0.3) is 16.6 Å². The third kappa shape index (κ3) is 3.31. The van der Waals surface area contributed by atoms with Crippen molar-refractivity contribution in [2.45, 2.75) is 5.92 Å². The van der Waals surface area contributed by atoms with Crippen LogP contribution in [0.1, 0.15) is 17.2 Å². The van der Waals surface area contributed by atoms with E-state index in [0.29, 0.717) is 5.56 Å². The van der Waals surface area contributed by atoms with Crippen LogP contribution in [0.3, 0.4) is 0 Å². The summed E-state index contributed by atoms with van der Waals surface area (Å²) in [6.45, 7) is -0.271. The summed E-state index contributed by atoms with van der Waals surface area (Å²) in [7, 11) is 0. The molecule has 2 aromatic carbocycles. The fourth-order valence-electron chi connectivity index (χ4n) is 3.54. The first-order chi connectivity index (χ1) is 13.1. The van der Waals surface area contributed by atoms with Gasteiger partial charge in [-0.1, -0.05) is 48.5 Å². The zero-order valence-electron chi connectivity index (χ0n) is 14.5. The molecule has 0 saturated carbocycles. The molecular weight excluding hydrogens is 343 g/mol. The van der Waals surface area contributed by atoms with Gasteiger partial charge in [0.1, 0.15) is 5.82 Å². The van der Waals surface area contributed by atoms with Gasteiger partial charge in [0.2, 0.25) is 6.54 Å². The molecule has 4 aromatic rings. The molecule has 5 heteroatoms. The van der Waals surface area contributed by atoms with Gasteiger partial charge in [-0.25, -0.2) is 4.39 Å². The standard InChI is InChI=1S/C22H17FN2O2/c23-18-11-9-17(10-12-18)21(15-25(26)27)22-20(16-6-2-1-3-7-16)14-19-8-4-5-13-24(19)22/h1-14,21H,15H2/t21-/m0/s1. The Bertz CT molecular complexity index is 1090. The molecule has 0 bridgehead atoms. The number of rotatable bonds is 5. The predicted octanol–water partition coefficient (Wildman–Crippen LogP) is 5.15. The van der Waals surface area contributed by atoms with Gasteiger partial charge in [0.25, 0.3) is 0 Å². The molecule has 0 amide bonds. The van der Waals surface area contributed by atoms with Gasteiger partial charge in [0.15, 0.2) is 0 Å². The quantitative estimate of drug-likeness (QED) is 0.365. The van der Waals surface area contributed by atoms with Crippen molar-refractivity contribution in [3.63, 3.8) is 0 Å². The number of nitrogens with zero attached hydrogens (tertiary/aromatic N) is 2. The highest BCUT2D eigenvalue weighted by molar-refractivity contribution is 5.75. The van der Waals surface area contributed by atoms with Crippen molar-refractivity contribution in [1.82, 2.24) is 4.40 Å². The molecule has 2 aromatic heterocycles. The molecule has 0 aliphatic rings. The van der Waals surface area contributed by atoms with E-state index in [2.05, 4.69) is 0 Å². The third-order valence-corrected chi connectivity index (χ3v) is 4.74. The van der Waals surface area contributed by atoms with Gasteiger partial charge in [-0.15, -0.1) is 0 Å². The molecule has 0 saturated heterocycles. The van der Waals surface area contributed by atoms with Crippen LogP contribution in [0.15, 0.2) is 85.1 Å². The lowest BCUT2D eigenvalue weighted by atomic mass is 9.91. The molecular formula is C22H17FN2O2. The predicted molar refractivity (Wildman–Crippen MR) is 103 cm³/mol. The van der Waals surface area contributed by atoms with E-state index in [1.54, 1.807) is 12.1 Å². The summed E-state index contributed by atoms with van der Waals surface area (Å²) in [6, 6.07) is 23.6. The maximum Gasteiger partial charge on any atom is 0.216 e. The lowest BCUT2D eigenvalue weighted by Crippen LogP contribution is -2.16. The molecule has 0 radical (unpaired) electrons. The van der Waals surface area contributed by atoms with Crippen molar-refractivity contribution in [1.29, 1.82) is 0 Å². The first-order valence-corrected chi connectivity index (χ1v) is 8.66. The Kier molecular flexibility index (Phi) is 4.42. The Morgan fingerprint density at radius 3 is 2.37 bits per heavy atom. The van der Waals surface area contributed by atoms with E-state index in [1.165, 1.54) is 12.1 Å². The molecule has 2 heterocycles. The molecule has 0 unspecified atom stereocenters. The number of halogens is 1. The van der Waals surface area contributed by atoms with Gasteiger partial charge in [-0.3, -0.25) is 10.1 Å². The van der Waals surface area contributed by atoms with E-state index in [1.807, 2.05) is 65.2 Å². The summed E-state index contributed by atoms with van der Waals surface area (Å²) in [5.74, 6) is -0.859. The van der Waals surface area contributed by atoms with Crippen LogP contribution < -0.4 is 0 Å². The minimum Gasteiger partial charge on any atom is -0.319 e. The molecule has 0 fully saturated rings. The average molecular weight is 360 g/mol. The van der Waals surface area contributed by atoms with Crippen molar-refractivity contribution in [3.8, 4) is 11.1 Å². The summed E-state index contributed by atoms with van der Waals surface area (Å²) >= 11 is 0. The van der Waals surface area contributed by atoms with E-state index >= 15 is 0 Å². The Hall–Kier alpha value is -3.47. The van der Waals surface area contributed by atoms with Crippen molar-refractivity contribution in [2.75, 3.05) is 6.54 Å². The zero-order chi connectivity index (χ0) is 18.8. The maximum atomic E-state index is 13.4. The van der Waals surface area contributed by atoms with Gasteiger partial charge in [-0.2, -0.15) is 0 Å². The van der Waals surface area contributed by atoms with Crippen molar-refractivity contribution in [3.05, 3.63) is 112 Å². The lowest BCUT2D eigenvalue weighted by molar-refractivity contribution is -0.481. The second kappa shape index (κ2) is 7.03. The van der Waals surface area contributed by atoms with Crippen LogP contribution in [-0.4, -0.2) is 15.9 Å². The molecule has 0 N–H and O–H groups in total. The number of benzene rings is 2. The van der Waals surface area contributed by atoms with Gasteiger partial charge in [0, 0.05) is 27.9 Å². The van der Waals surface area contributed by atoms with Crippen LogP contribution in [0, 0.1) is 15.9 Å². The van der Waals surface area contributed by atoms with Gasteiger partial charge < -0.3 is 4.40 Å². The topological polar surface area (TPSA) is 47.5 Å². The van der Waals surface area contributed by atoms with E-state index in [-0.39, 0.29) is 17.3 Å². The van der Waals surface area contributed by atoms with Gasteiger partial charge >= 0.3 is 0 Å². The maximum absolute atomic E-state index is 13.4. The lowest BCUT2D eigenvalue weighted by Gasteiger charge is -2.17. The second-order valence-electron chi connectivity index (χ2n) is 6.42. The zero-order valence-corrected chi connectivity index (χ0v) is 14.5. The first-order valence-electron chi connectivity index (χ1n) is 8.66. The van der Waals surface area contributed by atoms with Crippen LogP contribution in [0.4, 0.5) is 4.39 Å². The molecule has 1 atom stereocenters. The van der Waals surface area contributed by atoms with Crippen LogP contribution in [-0.2, 0) is 0 Å². The fraction of sp³-hybridized carbons (Fsp3) is 0.0909. The first kappa shape index (κ1) is 17.0. The van der Waals surface area contributed by atoms with Crippen molar-refractivity contribution >= 4 is 5.52 Å². The Morgan fingerprint density at radius 1 is 0.963 bits per heavy atom. The highest BCUT2D eigenvalue weighted by Gasteiger charge is 2.27. The van der Waals surface area contributed by atoms with E-state index < -0.39 is 5.92 Å². The number of hydrogen-bond donors (Lipinski definition) is 0. The molecule has 27 heavy (non-hydrogen) atoms. The van der Waals surface area contributed by atoms with Crippen LogP contribution in [0.2, 0.25) is 0 Å². The Morgan fingerprint density at radius 2 is 1.67 bits per heavy atom. The average Bonchev–Trinajstić information content (AvgIpc) is 3.07. The summed E-state index contributed by atoms with van der Waals surface area (Å²) in [4.78, 5) is 11.1. The molecule has 0 aliphatic carbocycles. The molecule has 0 spiro atoms. The number of fused-ring (bicyclic) bond motifs is 1. The molecule has 0 aliphatic heterocycles. The highest BCUT2D eigenvalue weighted by atomic mass is 19.1. The van der Waals surface area contributed by atoms with E-state index in [9.17, 15) is 14.5 Å². The van der Waals surface area contributed by atoms with Gasteiger partial charge in [0.05, 0.1) is 5.92 Å². The Labute approximate surface area is 155 Å². The molecule has 4 rings (SSSR count). The smallest absolute Gasteiger partial charge is 0.216 e. The third-order valence-electron chi connectivity index (χ3n) is 4.74. The van der Waals surface area contributed by atoms with Crippen LogP contribution in [0.5, 0.6) is 0 Å². The monoisotopic (exact) mass is 360 g/mol. The largest absolute Gasteiger partial charge is 0.319 e. The van der Waals surface area contributed by atoms with Gasteiger partial charge in [-0.05, 0) is 41.5 Å². The highest BCUT2D eigenvalue weighted by Crippen LogP contribution is 2.36. The minimum absolute atomic E-state index is 0.271. The Balaban J connectivity index is 1.98. The van der Waals surface area contributed by atoms with Crippen molar-refractivity contribution < 1.29 is 9.31 Å². The molecule has 134 valence electrons. The number of nitro groups is 1. The number of hydrogen-bond acceptors (Lipinski definition) is 2. The summed E-state index contributed by atoms with van der Waals surface area (Å²) in [5.41, 5.74) is 4.45. The normalized spacial score (nSPS) is 12.2. The molecule has 4 nitrogen and oxygen atoms in total. The fourth-order valence-corrected chi connectivity index (χ4v) is 3.54. The summed E-state index contributed by atoms with van der Waals surface area (Å²) in [6.07, 6.45) is 1.91. The van der Waals surface area contributed by atoms with Crippen LogP contribution >= 0.6 is 0 Å². The number of aromatic nitrogens is 1. The van der Waals surface area contributed by atoms with E-state index in [0.717, 1.165) is 22.3 Å². The van der Waals surface area contributed by atoms with E-state index in [4.69, 9.17) is 0 Å².